The largest absolute Gasteiger partial charge is 0.334 e. The van der Waals surface area contributed by atoms with E-state index in [4.69, 9.17) is 5.73 Å². The van der Waals surface area contributed by atoms with E-state index in [1.54, 1.807) is 6.92 Å². The number of rotatable bonds is 10. The molecular formula is C17H26ClF2N3O2. The Morgan fingerprint density at radius 1 is 1.12 bits per heavy atom. The van der Waals surface area contributed by atoms with Gasteiger partial charge in [0.05, 0.1) is 6.54 Å². The summed E-state index contributed by atoms with van der Waals surface area (Å²) in [5, 5.41) is 2.19. The van der Waals surface area contributed by atoms with Crippen molar-refractivity contribution in [2.45, 2.75) is 39.0 Å². The maximum absolute atomic E-state index is 13.5. The molecule has 25 heavy (non-hydrogen) atoms. The third-order valence-corrected chi connectivity index (χ3v) is 3.64. The van der Waals surface area contributed by atoms with Crippen LogP contribution in [0, 0.1) is 11.6 Å². The Morgan fingerprint density at radius 3 is 2.28 bits per heavy atom. The van der Waals surface area contributed by atoms with Crippen molar-refractivity contribution >= 4 is 29.9 Å². The summed E-state index contributed by atoms with van der Waals surface area (Å²) >= 11 is 0. The van der Waals surface area contributed by atoms with Crippen LogP contribution in [0.1, 0.15) is 39.0 Å². The van der Waals surface area contributed by atoms with Crippen molar-refractivity contribution in [3.05, 3.63) is 29.8 Å². The van der Waals surface area contributed by atoms with Crippen LogP contribution in [0.2, 0.25) is 0 Å². The average Bonchev–Trinajstić information content (AvgIpc) is 2.55. The molecule has 0 fully saturated rings. The predicted molar refractivity (Wildman–Crippen MR) is 96.6 cm³/mol. The standard InChI is InChI=1S/C17H25F2N3O2.ClH/c1-2-22(16(24)10-5-3-4-6-11-20)12-15(23)21-17-13(18)8-7-9-14(17)19;/h7-9H,2-6,10-12,20H2,1H3,(H,21,23);1H. The van der Waals surface area contributed by atoms with E-state index in [2.05, 4.69) is 5.32 Å². The molecule has 0 atom stereocenters. The van der Waals surface area contributed by atoms with Gasteiger partial charge in [-0.1, -0.05) is 18.9 Å². The van der Waals surface area contributed by atoms with Crippen molar-refractivity contribution in [1.82, 2.24) is 4.90 Å². The number of carbonyl (C=O) groups is 2. The molecule has 0 aliphatic carbocycles. The van der Waals surface area contributed by atoms with Gasteiger partial charge in [0.15, 0.2) is 0 Å². The van der Waals surface area contributed by atoms with Crippen LogP contribution in [0.5, 0.6) is 0 Å². The Balaban J connectivity index is 0.00000576. The number of likely N-dealkylation sites (N-methyl/N-ethyl adjacent to an activating group) is 1. The average molecular weight is 378 g/mol. The summed E-state index contributed by atoms with van der Waals surface area (Å²) in [4.78, 5) is 25.4. The lowest BCUT2D eigenvalue weighted by atomic mass is 10.1. The van der Waals surface area contributed by atoms with Crippen molar-refractivity contribution in [3.63, 3.8) is 0 Å². The molecule has 1 aromatic rings. The smallest absolute Gasteiger partial charge is 0.244 e. The summed E-state index contributed by atoms with van der Waals surface area (Å²) < 4.78 is 27.0. The highest BCUT2D eigenvalue weighted by molar-refractivity contribution is 5.94. The van der Waals surface area contributed by atoms with Crippen LogP contribution in [-0.4, -0.2) is 36.3 Å². The number of hydrogen-bond acceptors (Lipinski definition) is 3. The van der Waals surface area contributed by atoms with E-state index in [0.717, 1.165) is 37.8 Å². The van der Waals surface area contributed by atoms with Gasteiger partial charge in [-0.2, -0.15) is 0 Å². The third kappa shape index (κ3) is 8.27. The molecule has 0 aromatic heterocycles. The fourth-order valence-electron chi connectivity index (χ4n) is 2.28. The zero-order chi connectivity index (χ0) is 17.9. The molecule has 0 aliphatic heterocycles. The number of nitrogens with zero attached hydrogens (tertiary/aromatic N) is 1. The summed E-state index contributed by atoms with van der Waals surface area (Å²) in [5.41, 5.74) is 4.91. The quantitative estimate of drug-likeness (QED) is 0.615. The summed E-state index contributed by atoms with van der Waals surface area (Å²) in [6, 6.07) is 3.33. The van der Waals surface area contributed by atoms with Crippen molar-refractivity contribution < 1.29 is 18.4 Å². The molecule has 1 aromatic carbocycles. The molecule has 0 saturated carbocycles. The second-order valence-corrected chi connectivity index (χ2v) is 5.51. The highest BCUT2D eigenvalue weighted by Gasteiger charge is 2.17. The van der Waals surface area contributed by atoms with Crippen molar-refractivity contribution in [2.75, 3.05) is 25.0 Å². The summed E-state index contributed by atoms with van der Waals surface area (Å²) in [6.45, 7) is 2.52. The molecule has 142 valence electrons. The first-order valence-corrected chi connectivity index (χ1v) is 8.21. The van der Waals surface area contributed by atoms with Gasteiger partial charge in [0, 0.05) is 13.0 Å². The molecule has 2 amide bonds. The fraction of sp³-hybridized carbons (Fsp3) is 0.529. The van der Waals surface area contributed by atoms with Crippen molar-refractivity contribution in [3.8, 4) is 0 Å². The second kappa shape index (κ2) is 12.6. The lowest BCUT2D eigenvalue weighted by molar-refractivity contribution is -0.134. The van der Waals surface area contributed by atoms with Gasteiger partial charge in [-0.3, -0.25) is 9.59 Å². The van der Waals surface area contributed by atoms with E-state index < -0.39 is 23.2 Å². The molecule has 0 aliphatic rings. The number of unbranched alkanes of at least 4 members (excludes halogenated alkanes) is 3. The minimum atomic E-state index is -0.849. The van der Waals surface area contributed by atoms with Crippen LogP contribution in [0.3, 0.4) is 0 Å². The third-order valence-electron chi connectivity index (χ3n) is 3.64. The Kier molecular flexibility index (Phi) is 11.7. The minimum absolute atomic E-state index is 0. The molecule has 0 heterocycles. The number of hydrogen-bond donors (Lipinski definition) is 2. The molecule has 0 spiro atoms. The summed E-state index contributed by atoms with van der Waals surface area (Å²) in [6.07, 6.45) is 3.90. The molecule has 0 bridgehead atoms. The van der Waals surface area contributed by atoms with E-state index in [0.29, 0.717) is 19.5 Å². The number of benzene rings is 1. The Hall–Kier alpha value is -1.73. The zero-order valence-electron chi connectivity index (χ0n) is 14.4. The first-order chi connectivity index (χ1) is 11.5. The SMILES string of the molecule is CCN(CC(=O)Nc1c(F)cccc1F)C(=O)CCCCCCN.Cl. The van der Waals surface area contributed by atoms with Gasteiger partial charge in [-0.15, -0.1) is 12.4 Å². The number of amides is 2. The predicted octanol–water partition coefficient (Wildman–Crippen LogP) is 3.08. The van der Waals surface area contributed by atoms with Crippen LogP contribution in [0.15, 0.2) is 18.2 Å². The van der Waals surface area contributed by atoms with Gasteiger partial charge < -0.3 is 16.0 Å². The Labute approximate surface area is 153 Å². The molecule has 0 radical (unpaired) electrons. The van der Waals surface area contributed by atoms with E-state index in [9.17, 15) is 18.4 Å². The normalized spacial score (nSPS) is 10.1. The van der Waals surface area contributed by atoms with Crippen LogP contribution in [0.4, 0.5) is 14.5 Å². The Morgan fingerprint density at radius 2 is 1.72 bits per heavy atom. The monoisotopic (exact) mass is 377 g/mol. The Bertz CT molecular complexity index is 538. The van der Waals surface area contributed by atoms with Gasteiger partial charge in [0.1, 0.15) is 17.3 Å². The zero-order valence-corrected chi connectivity index (χ0v) is 15.2. The van der Waals surface area contributed by atoms with E-state index in [1.165, 1.54) is 11.0 Å². The molecular weight excluding hydrogens is 352 g/mol. The van der Waals surface area contributed by atoms with Gasteiger partial charge in [0.2, 0.25) is 11.8 Å². The molecule has 0 saturated heterocycles. The molecule has 3 N–H and O–H groups in total. The van der Waals surface area contributed by atoms with Gasteiger partial charge in [-0.05, 0) is 38.4 Å². The summed E-state index contributed by atoms with van der Waals surface area (Å²) in [7, 11) is 0. The van der Waals surface area contributed by atoms with E-state index in [1.807, 2.05) is 0 Å². The molecule has 5 nitrogen and oxygen atoms in total. The summed E-state index contributed by atoms with van der Waals surface area (Å²) in [5.74, 6) is -2.47. The highest BCUT2D eigenvalue weighted by Crippen LogP contribution is 2.17. The van der Waals surface area contributed by atoms with Gasteiger partial charge in [0.25, 0.3) is 0 Å². The minimum Gasteiger partial charge on any atom is -0.334 e. The number of anilines is 1. The van der Waals surface area contributed by atoms with Gasteiger partial charge in [-0.25, -0.2) is 8.78 Å². The first kappa shape index (κ1) is 23.3. The number of para-hydroxylation sites is 1. The van der Waals surface area contributed by atoms with Crippen molar-refractivity contribution in [2.24, 2.45) is 5.73 Å². The fourth-order valence-corrected chi connectivity index (χ4v) is 2.28. The van der Waals surface area contributed by atoms with Crippen LogP contribution in [0.25, 0.3) is 0 Å². The second-order valence-electron chi connectivity index (χ2n) is 5.51. The maximum atomic E-state index is 13.5. The van der Waals surface area contributed by atoms with Gasteiger partial charge >= 0.3 is 0 Å². The van der Waals surface area contributed by atoms with Crippen LogP contribution >= 0.6 is 12.4 Å². The topological polar surface area (TPSA) is 75.4 Å². The number of nitrogens with two attached hydrogens (primary N) is 1. The maximum Gasteiger partial charge on any atom is 0.244 e. The highest BCUT2D eigenvalue weighted by atomic mass is 35.5. The number of halogens is 3. The van der Waals surface area contributed by atoms with Crippen molar-refractivity contribution in [1.29, 1.82) is 0 Å². The molecule has 1 rings (SSSR count). The van der Waals surface area contributed by atoms with Crippen LogP contribution < -0.4 is 11.1 Å². The molecule has 8 heteroatoms. The number of carbonyl (C=O) groups excluding carboxylic acids is 2. The van der Waals surface area contributed by atoms with E-state index >= 15 is 0 Å². The lowest BCUT2D eigenvalue weighted by Crippen LogP contribution is -2.38. The first-order valence-electron chi connectivity index (χ1n) is 8.21. The van der Waals surface area contributed by atoms with Crippen LogP contribution in [-0.2, 0) is 9.59 Å². The van der Waals surface area contributed by atoms with E-state index in [-0.39, 0.29) is 24.9 Å². The number of nitrogens with one attached hydrogen (secondary N) is 1. The molecule has 0 unspecified atom stereocenters. The lowest BCUT2D eigenvalue weighted by Gasteiger charge is -2.20.